The second-order valence-electron chi connectivity index (χ2n) is 4.28. The molecule has 0 spiro atoms. The number of rotatable bonds is 3. The van der Waals surface area contributed by atoms with Gasteiger partial charge < -0.3 is 5.73 Å². The maximum atomic E-state index is 5.96. The van der Waals surface area contributed by atoms with E-state index in [2.05, 4.69) is 27.7 Å². The normalized spacial score (nSPS) is 21.8. The van der Waals surface area contributed by atoms with Gasteiger partial charge in [0.25, 0.3) is 0 Å². The van der Waals surface area contributed by atoms with Gasteiger partial charge >= 0.3 is 0 Å². The Kier molecular flexibility index (Phi) is 5.25. The Morgan fingerprint density at radius 1 is 1.56 bits per heavy atom. The van der Waals surface area contributed by atoms with Crippen LogP contribution >= 0.6 is 12.4 Å². The lowest BCUT2D eigenvalue weighted by atomic mass is 10.1. The molecule has 0 bridgehead atoms. The summed E-state index contributed by atoms with van der Waals surface area (Å²) in [6.07, 6.45) is 4.27. The van der Waals surface area contributed by atoms with E-state index in [-0.39, 0.29) is 12.4 Å². The first-order valence-electron chi connectivity index (χ1n) is 5.78. The van der Waals surface area contributed by atoms with Crippen LogP contribution in [0.5, 0.6) is 0 Å². The molecule has 4 nitrogen and oxygen atoms in total. The first-order valence-corrected chi connectivity index (χ1v) is 5.78. The Morgan fingerprint density at radius 3 is 3.06 bits per heavy atom. The molecule has 1 fully saturated rings. The van der Waals surface area contributed by atoms with Gasteiger partial charge in [0, 0.05) is 31.9 Å². The summed E-state index contributed by atoms with van der Waals surface area (Å²) in [6, 6.07) is 2.46. The third kappa shape index (κ3) is 3.20. The molecule has 0 amide bonds. The predicted molar refractivity (Wildman–Crippen MR) is 67.6 cm³/mol. The van der Waals surface area contributed by atoms with Crippen LogP contribution in [0.3, 0.4) is 0 Å². The fraction of sp³-hybridized carbons (Fsp3) is 0.727. The molecule has 0 aliphatic carbocycles. The molecule has 0 unspecified atom stereocenters. The number of aryl methyl sites for hydroxylation is 1. The largest absolute Gasteiger partial charge is 0.327 e. The quantitative estimate of drug-likeness (QED) is 0.871. The molecule has 1 aromatic heterocycles. The van der Waals surface area contributed by atoms with Crippen LogP contribution in [0.1, 0.15) is 25.5 Å². The summed E-state index contributed by atoms with van der Waals surface area (Å²) in [6.45, 7) is 6.25. The third-order valence-corrected chi connectivity index (χ3v) is 3.03. The Morgan fingerprint density at radius 2 is 2.38 bits per heavy atom. The molecule has 16 heavy (non-hydrogen) atoms. The van der Waals surface area contributed by atoms with Gasteiger partial charge in [-0.1, -0.05) is 0 Å². The lowest BCUT2D eigenvalue weighted by molar-refractivity contribution is 0.196. The molecule has 0 saturated carbocycles. The molecule has 1 aromatic rings. The molecular weight excluding hydrogens is 224 g/mol. The minimum absolute atomic E-state index is 0. The van der Waals surface area contributed by atoms with Gasteiger partial charge in [-0.2, -0.15) is 5.10 Å². The fourth-order valence-corrected chi connectivity index (χ4v) is 2.24. The molecule has 92 valence electrons. The summed E-state index contributed by atoms with van der Waals surface area (Å²) in [5.41, 5.74) is 7.26. The third-order valence-electron chi connectivity index (χ3n) is 3.03. The molecule has 5 heteroatoms. The Bertz CT molecular complexity index is 313. The summed E-state index contributed by atoms with van der Waals surface area (Å²) < 4.78 is 2.06. The number of nitrogens with zero attached hydrogens (tertiary/aromatic N) is 3. The van der Waals surface area contributed by atoms with Gasteiger partial charge in [0.1, 0.15) is 0 Å². The minimum Gasteiger partial charge on any atom is -0.327 e. The predicted octanol–water partition coefficient (Wildman–Crippen LogP) is 1.25. The number of halogens is 1. The van der Waals surface area contributed by atoms with Crippen LogP contribution < -0.4 is 5.73 Å². The molecule has 0 aromatic carbocycles. The summed E-state index contributed by atoms with van der Waals surface area (Å²) in [7, 11) is 0. The highest BCUT2D eigenvalue weighted by Gasteiger charge is 2.17. The number of piperidine rings is 1. The molecular formula is C11H21ClN4. The average molecular weight is 245 g/mol. The van der Waals surface area contributed by atoms with Crippen molar-refractivity contribution in [1.29, 1.82) is 0 Å². The first-order chi connectivity index (χ1) is 7.29. The van der Waals surface area contributed by atoms with Gasteiger partial charge in [0.15, 0.2) is 0 Å². The van der Waals surface area contributed by atoms with E-state index < -0.39 is 0 Å². The van der Waals surface area contributed by atoms with E-state index in [0.717, 1.165) is 19.6 Å². The molecule has 1 aliphatic heterocycles. The summed E-state index contributed by atoms with van der Waals surface area (Å²) in [4.78, 5) is 2.43. The molecule has 1 saturated heterocycles. The number of nitrogens with two attached hydrogens (primary N) is 1. The van der Waals surface area contributed by atoms with Gasteiger partial charge in [0.05, 0.1) is 5.69 Å². The highest BCUT2D eigenvalue weighted by Crippen LogP contribution is 2.12. The van der Waals surface area contributed by atoms with Gasteiger partial charge in [0.2, 0.25) is 0 Å². The zero-order valence-electron chi connectivity index (χ0n) is 9.80. The van der Waals surface area contributed by atoms with E-state index in [1.54, 1.807) is 0 Å². The van der Waals surface area contributed by atoms with Crippen LogP contribution in [-0.2, 0) is 13.1 Å². The van der Waals surface area contributed by atoms with Gasteiger partial charge in [-0.05, 0) is 32.4 Å². The van der Waals surface area contributed by atoms with E-state index in [9.17, 15) is 0 Å². The van der Waals surface area contributed by atoms with Crippen molar-refractivity contribution in [2.45, 2.75) is 38.9 Å². The summed E-state index contributed by atoms with van der Waals surface area (Å²) in [5, 5.41) is 4.28. The fourth-order valence-electron chi connectivity index (χ4n) is 2.24. The topological polar surface area (TPSA) is 47.1 Å². The second kappa shape index (κ2) is 6.23. The average Bonchev–Trinajstić information content (AvgIpc) is 2.65. The molecule has 2 N–H and O–H groups in total. The monoisotopic (exact) mass is 244 g/mol. The molecule has 1 atom stereocenters. The van der Waals surface area contributed by atoms with Gasteiger partial charge in [-0.15, -0.1) is 12.4 Å². The summed E-state index contributed by atoms with van der Waals surface area (Å²) >= 11 is 0. The smallest absolute Gasteiger partial charge is 0.0524 e. The van der Waals surface area contributed by atoms with Crippen molar-refractivity contribution in [3.05, 3.63) is 18.0 Å². The molecule has 1 aliphatic rings. The van der Waals surface area contributed by atoms with E-state index in [1.165, 1.54) is 25.1 Å². The lowest BCUT2D eigenvalue weighted by Gasteiger charge is -2.30. The van der Waals surface area contributed by atoms with Crippen molar-refractivity contribution in [3.8, 4) is 0 Å². The van der Waals surface area contributed by atoms with Gasteiger partial charge in [-0.25, -0.2) is 0 Å². The standard InChI is InChI=1S/C11H20N4.ClH/c1-2-15-11(5-6-13-15)9-14-7-3-4-10(12)8-14;/h5-6,10H,2-4,7-9,12H2,1H3;1H/t10-;/m1./s1. The van der Waals surface area contributed by atoms with Crippen molar-refractivity contribution in [2.24, 2.45) is 5.73 Å². The van der Waals surface area contributed by atoms with Crippen LogP contribution in [0, 0.1) is 0 Å². The lowest BCUT2D eigenvalue weighted by Crippen LogP contribution is -2.42. The minimum atomic E-state index is 0. The van der Waals surface area contributed by atoms with Crippen LogP contribution in [0.15, 0.2) is 12.3 Å². The highest BCUT2D eigenvalue weighted by atomic mass is 35.5. The second-order valence-corrected chi connectivity index (χ2v) is 4.28. The number of hydrogen-bond donors (Lipinski definition) is 1. The highest BCUT2D eigenvalue weighted by molar-refractivity contribution is 5.85. The van der Waals surface area contributed by atoms with Crippen LogP contribution in [0.2, 0.25) is 0 Å². The van der Waals surface area contributed by atoms with Crippen molar-refractivity contribution in [2.75, 3.05) is 13.1 Å². The number of hydrogen-bond acceptors (Lipinski definition) is 3. The Balaban J connectivity index is 0.00000128. The van der Waals surface area contributed by atoms with E-state index in [0.29, 0.717) is 6.04 Å². The number of likely N-dealkylation sites (tertiary alicyclic amines) is 1. The van der Waals surface area contributed by atoms with Crippen molar-refractivity contribution >= 4 is 12.4 Å². The van der Waals surface area contributed by atoms with Crippen LogP contribution in [0.25, 0.3) is 0 Å². The van der Waals surface area contributed by atoms with Crippen LogP contribution in [-0.4, -0.2) is 33.8 Å². The van der Waals surface area contributed by atoms with E-state index >= 15 is 0 Å². The zero-order valence-corrected chi connectivity index (χ0v) is 10.6. The van der Waals surface area contributed by atoms with Crippen molar-refractivity contribution < 1.29 is 0 Å². The maximum Gasteiger partial charge on any atom is 0.0524 e. The molecule has 0 radical (unpaired) electrons. The zero-order chi connectivity index (χ0) is 10.7. The number of aromatic nitrogens is 2. The van der Waals surface area contributed by atoms with Crippen molar-refractivity contribution in [1.82, 2.24) is 14.7 Å². The van der Waals surface area contributed by atoms with Gasteiger partial charge in [-0.3, -0.25) is 9.58 Å². The van der Waals surface area contributed by atoms with E-state index in [1.807, 2.05) is 6.20 Å². The van der Waals surface area contributed by atoms with E-state index in [4.69, 9.17) is 5.73 Å². The van der Waals surface area contributed by atoms with Crippen LogP contribution in [0.4, 0.5) is 0 Å². The summed E-state index contributed by atoms with van der Waals surface area (Å²) in [5.74, 6) is 0. The first kappa shape index (κ1) is 13.5. The molecule has 2 heterocycles. The maximum absolute atomic E-state index is 5.96. The molecule has 2 rings (SSSR count). The SMILES string of the molecule is CCn1nccc1CN1CCC[C@@H](N)C1.Cl. The Hall–Kier alpha value is -0.580. The van der Waals surface area contributed by atoms with Crippen molar-refractivity contribution in [3.63, 3.8) is 0 Å². The Labute approximate surface area is 103 Å².